The molecule has 3 aromatic heterocycles. The van der Waals surface area contributed by atoms with E-state index in [1.54, 1.807) is 42.1 Å². The van der Waals surface area contributed by atoms with E-state index in [0.717, 1.165) is 15.8 Å². The van der Waals surface area contributed by atoms with Gasteiger partial charge in [0.1, 0.15) is 5.69 Å². The number of esters is 1. The van der Waals surface area contributed by atoms with Crippen LogP contribution in [0.5, 0.6) is 11.5 Å². The molecule has 46 heavy (non-hydrogen) atoms. The van der Waals surface area contributed by atoms with Crippen molar-refractivity contribution in [2.75, 3.05) is 26.1 Å². The largest absolute Gasteiger partial charge is 0.493 e. The number of ketones is 1. The molecular weight excluding hydrogens is 612 g/mol. The number of aromatic nitrogens is 4. The SMILES string of the molecule is CCn1nc(C)cc1C(=O)Nc1nc2cc(C(N)=O)ccc2n1CCCOc1cc2cc(C(=O)CCC(=O)OC)sc2cc1OC. The van der Waals surface area contributed by atoms with Crippen molar-refractivity contribution in [1.82, 2.24) is 19.3 Å². The Labute approximate surface area is 268 Å². The smallest absolute Gasteiger partial charge is 0.305 e. The lowest BCUT2D eigenvalue weighted by Crippen LogP contribution is -2.20. The number of rotatable bonds is 14. The van der Waals surface area contributed by atoms with Crippen LogP contribution < -0.4 is 20.5 Å². The predicted octanol–water partition coefficient (Wildman–Crippen LogP) is 4.74. The minimum absolute atomic E-state index is 0.0221. The molecule has 3 heterocycles. The summed E-state index contributed by atoms with van der Waals surface area (Å²) in [7, 11) is 2.84. The van der Waals surface area contributed by atoms with E-state index < -0.39 is 11.9 Å². The number of fused-ring (bicyclic) bond motifs is 2. The number of ether oxygens (including phenoxy) is 3. The van der Waals surface area contributed by atoms with Crippen LogP contribution in [0.2, 0.25) is 0 Å². The molecule has 0 fully saturated rings. The Morgan fingerprint density at radius 1 is 1.02 bits per heavy atom. The first-order valence-corrected chi connectivity index (χ1v) is 15.4. The summed E-state index contributed by atoms with van der Waals surface area (Å²) in [6.45, 7) is 4.98. The van der Waals surface area contributed by atoms with E-state index in [-0.39, 0.29) is 24.5 Å². The molecule has 5 rings (SSSR count). The van der Waals surface area contributed by atoms with Crippen LogP contribution in [0.1, 0.15) is 62.4 Å². The van der Waals surface area contributed by atoms with Gasteiger partial charge < -0.3 is 24.5 Å². The number of hydrogen-bond acceptors (Lipinski definition) is 10. The van der Waals surface area contributed by atoms with E-state index in [0.29, 0.717) is 70.7 Å². The normalized spacial score (nSPS) is 11.1. The van der Waals surface area contributed by atoms with Gasteiger partial charge in [0, 0.05) is 35.8 Å². The summed E-state index contributed by atoms with van der Waals surface area (Å²) in [6.07, 6.45) is 0.616. The zero-order chi connectivity index (χ0) is 33.0. The van der Waals surface area contributed by atoms with Gasteiger partial charge in [0.2, 0.25) is 11.9 Å². The summed E-state index contributed by atoms with van der Waals surface area (Å²) in [6, 6.07) is 12.1. The molecule has 0 radical (unpaired) electrons. The van der Waals surface area contributed by atoms with Crippen molar-refractivity contribution in [3.05, 3.63) is 64.3 Å². The van der Waals surface area contributed by atoms with Gasteiger partial charge in [-0.25, -0.2) is 4.98 Å². The number of imidazole rings is 1. The van der Waals surface area contributed by atoms with Gasteiger partial charge in [-0.05, 0) is 62.1 Å². The molecule has 2 aromatic carbocycles. The standard InChI is InChI=1S/C32H34N6O7S/c1-5-38-23(13-18(2)36-38)31(42)35-32-34-21-14-19(30(33)41)7-8-22(21)37(32)11-6-12-45-26-15-20-16-28(24(39)9-10-29(40)44-4)46-27(20)17-25(26)43-3/h7-8,13-17H,5-6,9-12H2,1-4H3,(H2,33,41)(H,34,35,42). The molecule has 14 heteroatoms. The average Bonchev–Trinajstić information content (AvgIpc) is 3.74. The number of nitrogens with zero attached hydrogens (tertiary/aromatic N) is 4. The number of thiophene rings is 1. The van der Waals surface area contributed by atoms with Crippen molar-refractivity contribution < 1.29 is 33.4 Å². The third kappa shape index (κ3) is 6.86. The molecule has 0 bridgehead atoms. The fraction of sp³-hybridized carbons (Fsp3) is 0.312. The molecular formula is C32H34N6O7S. The van der Waals surface area contributed by atoms with Gasteiger partial charge in [-0.2, -0.15) is 5.10 Å². The molecule has 5 aromatic rings. The number of nitrogens with two attached hydrogens (primary N) is 1. The fourth-order valence-electron chi connectivity index (χ4n) is 5.04. The molecule has 2 amide bonds. The summed E-state index contributed by atoms with van der Waals surface area (Å²) < 4.78 is 20.6. The van der Waals surface area contributed by atoms with Crippen molar-refractivity contribution in [2.24, 2.45) is 5.73 Å². The second-order valence-electron chi connectivity index (χ2n) is 10.4. The minimum Gasteiger partial charge on any atom is -0.493 e. The van der Waals surface area contributed by atoms with Crippen LogP contribution in [-0.2, 0) is 22.6 Å². The maximum absolute atomic E-state index is 13.2. The van der Waals surface area contributed by atoms with Gasteiger partial charge in [0.25, 0.3) is 5.91 Å². The van der Waals surface area contributed by atoms with Crippen LogP contribution in [-0.4, -0.2) is 63.7 Å². The number of nitrogens with one attached hydrogen (secondary N) is 1. The monoisotopic (exact) mass is 646 g/mol. The molecule has 240 valence electrons. The molecule has 3 N–H and O–H groups in total. The number of anilines is 1. The van der Waals surface area contributed by atoms with Crippen LogP contribution in [0.25, 0.3) is 21.1 Å². The third-order valence-electron chi connectivity index (χ3n) is 7.34. The highest BCUT2D eigenvalue weighted by Gasteiger charge is 2.20. The highest BCUT2D eigenvalue weighted by Crippen LogP contribution is 2.37. The van der Waals surface area contributed by atoms with Gasteiger partial charge >= 0.3 is 5.97 Å². The highest BCUT2D eigenvalue weighted by molar-refractivity contribution is 7.20. The van der Waals surface area contributed by atoms with Crippen LogP contribution >= 0.6 is 11.3 Å². The van der Waals surface area contributed by atoms with E-state index in [4.69, 9.17) is 15.2 Å². The Morgan fingerprint density at radius 2 is 1.83 bits per heavy atom. The number of carbonyl (C=O) groups is 4. The van der Waals surface area contributed by atoms with Crippen LogP contribution in [0, 0.1) is 6.92 Å². The van der Waals surface area contributed by atoms with Gasteiger partial charge in [0.05, 0.1) is 48.9 Å². The number of benzene rings is 2. The van der Waals surface area contributed by atoms with Crippen LogP contribution in [0.4, 0.5) is 5.95 Å². The van der Waals surface area contributed by atoms with Crippen LogP contribution in [0.15, 0.2) is 42.5 Å². The Hall–Kier alpha value is -5.24. The van der Waals surface area contributed by atoms with Crippen molar-refractivity contribution in [3.63, 3.8) is 0 Å². The molecule has 0 saturated carbocycles. The Balaban J connectivity index is 1.33. The van der Waals surface area contributed by atoms with Gasteiger partial charge in [-0.1, -0.05) is 0 Å². The first kappa shape index (κ1) is 32.2. The van der Waals surface area contributed by atoms with E-state index in [1.807, 2.05) is 30.5 Å². The Kier molecular flexibility index (Phi) is 9.66. The number of hydrogen-bond donors (Lipinski definition) is 2. The lowest BCUT2D eigenvalue weighted by atomic mass is 10.1. The van der Waals surface area contributed by atoms with Crippen LogP contribution in [0.3, 0.4) is 0 Å². The fourth-order valence-corrected chi connectivity index (χ4v) is 6.08. The number of carbonyl (C=O) groups excluding carboxylic acids is 4. The lowest BCUT2D eigenvalue weighted by molar-refractivity contribution is -0.140. The molecule has 0 atom stereocenters. The summed E-state index contributed by atoms with van der Waals surface area (Å²) in [4.78, 5) is 54.3. The van der Waals surface area contributed by atoms with E-state index >= 15 is 0 Å². The van der Waals surface area contributed by atoms with Crippen molar-refractivity contribution in [1.29, 1.82) is 0 Å². The first-order valence-electron chi connectivity index (χ1n) is 14.6. The second kappa shape index (κ2) is 13.8. The summed E-state index contributed by atoms with van der Waals surface area (Å²) in [5, 5.41) is 8.08. The van der Waals surface area contributed by atoms with Gasteiger partial charge in [0.15, 0.2) is 17.3 Å². The number of methoxy groups -OCH3 is 2. The van der Waals surface area contributed by atoms with Crippen molar-refractivity contribution >= 4 is 62.0 Å². The third-order valence-corrected chi connectivity index (χ3v) is 8.48. The maximum Gasteiger partial charge on any atom is 0.305 e. The molecule has 0 unspecified atom stereocenters. The topological polar surface area (TPSA) is 170 Å². The minimum atomic E-state index is -0.577. The van der Waals surface area contributed by atoms with Crippen molar-refractivity contribution in [3.8, 4) is 11.5 Å². The van der Waals surface area contributed by atoms with E-state index in [1.165, 1.54) is 18.4 Å². The van der Waals surface area contributed by atoms with Gasteiger partial charge in [-0.3, -0.25) is 29.2 Å². The number of amides is 2. The molecule has 0 aliphatic rings. The number of aryl methyl sites for hydroxylation is 3. The number of Topliss-reactive ketones (excluding diaryl/α,β-unsaturated/α-hetero) is 1. The summed E-state index contributed by atoms with van der Waals surface area (Å²) >= 11 is 1.33. The van der Waals surface area contributed by atoms with Gasteiger partial charge in [-0.15, -0.1) is 11.3 Å². The molecule has 13 nitrogen and oxygen atoms in total. The molecule has 0 aliphatic heterocycles. The molecule has 0 aliphatic carbocycles. The Morgan fingerprint density at radius 3 is 2.54 bits per heavy atom. The van der Waals surface area contributed by atoms with Crippen molar-refractivity contribution in [2.45, 2.75) is 46.2 Å². The maximum atomic E-state index is 13.2. The average molecular weight is 647 g/mol. The second-order valence-corrected chi connectivity index (χ2v) is 11.5. The Bertz CT molecular complexity index is 1960. The first-order chi connectivity index (χ1) is 22.1. The zero-order valence-corrected chi connectivity index (χ0v) is 26.7. The molecule has 0 spiro atoms. The lowest BCUT2D eigenvalue weighted by Gasteiger charge is -2.13. The van der Waals surface area contributed by atoms with E-state index in [9.17, 15) is 19.2 Å². The predicted molar refractivity (Wildman–Crippen MR) is 173 cm³/mol. The zero-order valence-electron chi connectivity index (χ0n) is 25.9. The summed E-state index contributed by atoms with van der Waals surface area (Å²) in [5.41, 5.74) is 8.14. The molecule has 0 saturated heterocycles. The quantitative estimate of drug-likeness (QED) is 0.0983. The number of primary amides is 1. The highest BCUT2D eigenvalue weighted by atomic mass is 32.1. The van der Waals surface area contributed by atoms with E-state index in [2.05, 4.69) is 20.1 Å². The summed E-state index contributed by atoms with van der Waals surface area (Å²) in [5.74, 6) is -0.162.